The van der Waals surface area contributed by atoms with E-state index in [-0.39, 0.29) is 11.1 Å². The summed E-state index contributed by atoms with van der Waals surface area (Å²) in [4.78, 5) is 22.8. The van der Waals surface area contributed by atoms with Crippen molar-refractivity contribution in [2.75, 3.05) is 0 Å². The molecule has 118 valence electrons. The molecule has 0 radical (unpaired) electrons. The number of imide groups is 1. The molecule has 1 N–H and O–H groups in total. The van der Waals surface area contributed by atoms with Crippen molar-refractivity contribution in [3.05, 3.63) is 89.4 Å². The van der Waals surface area contributed by atoms with Gasteiger partial charge in [-0.25, -0.2) is 0 Å². The van der Waals surface area contributed by atoms with Gasteiger partial charge in [0.05, 0.1) is 4.91 Å². The smallest absolute Gasteiger partial charge is 0.282 e. The Morgan fingerprint density at radius 1 is 0.792 bits per heavy atom. The molecule has 0 saturated carbocycles. The third-order valence-corrected chi connectivity index (χ3v) is 4.25. The van der Waals surface area contributed by atoms with Gasteiger partial charge in [-0.2, -0.15) is 0 Å². The van der Waals surface area contributed by atoms with Crippen LogP contribution >= 0.6 is 11.8 Å². The minimum absolute atomic E-state index is 0.325. The Kier molecular flexibility index (Phi) is 5.08. The molecule has 4 heteroatoms. The first-order valence-corrected chi connectivity index (χ1v) is 8.28. The Balaban J connectivity index is 1.61. The maximum absolute atomic E-state index is 11.3. The van der Waals surface area contributed by atoms with Crippen molar-refractivity contribution in [3.8, 4) is 11.1 Å². The summed E-state index contributed by atoms with van der Waals surface area (Å²) in [6, 6.07) is 18.5. The van der Waals surface area contributed by atoms with E-state index < -0.39 is 0 Å². The van der Waals surface area contributed by atoms with Gasteiger partial charge in [0.1, 0.15) is 0 Å². The number of amides is 2. The fraction of sp³-hybridized carbons (Fsp3) is 0. The molecule has 0 unspecified atom stereocenters. The first-order chi connectivity index (χ1) is 11.7. The molecule has 0 spiro atoms. The van der Waals surface area contributed by atoms with Crippen LogP contribution in [0.25, 0.3) is 17.2 Å². The molecule has 2 aromatic rings. The highest BCUT2D eigenvalue weighted by Gasteiger charge is 2.23. The number of nitrogens with one attached hydrogen (secondary N) is 1. The molecule has 0 bridgehead atoms. The predicted molar refractivity (Wildman–Crippen MR) is 99.3 cm³/mol. The van der Waals surface area contributed by atoms with E-state index in [0.29, 0.717) is 4.91 Å². The van der Waals surface area contributed by atoms with E-state index >= 15 is 0 Å². The van der Waals surface area contributed by atoms with Gasteiger partial charge >= 0.3 is 0 Å². The van der Waals surface area contributed by atoms with Crippen LogP contribution in [0.1, 0.15) is 5.56 Å². The van der Waals surface area contributed by atoms with Gasteiger partial charge in [0.2, 0.25) is 0 Å². The highest BCUT2D eigenvalue weighted by Crippen LogP contribution is 2.22. The molecule has 1 aliphatic rings. The summed E-state index contributed by atoms with van der Waals surface area (Å²) in [6.07, 6.45) is 9.09. The Hall–Kier alpha value is -2.85. The molecule has 0 aliphatic carbocycles. The Bertz CT molecular complexity index is 834. The van der Waals surface area contributed by atoms with Gasteiger partial charge in [-0.05, 0) is 34.5 Å². The van der Waals surface area contributed by atoms with E-state index in [9.17, 15) is 9.59 Å². The molecule has 1 fully saturated rings. The third-order valence-electron chi connectivity index (χ3n) is 3.42. The molecule has 2 aromatic carbocycles. The van der Waals surface area contributed by atoms with Crippen LogP contribution in [0.3, 0.4) is 0 Å². The molecule has 3 nitrogen and oxygen atoms in total. The summed E-state index contributed by atoms with van der Waals surface area (Å²) in [5.74, 6) is -0.338. The maximum Gasteiger partial charge on any atom is 0.290 e. The summed E-state index contributed by atoms with van der Waals surface area (Å²) in [5.41, 5.74) is 3.47. The van der Waals surface area contributed by atoms with E-state index in [0.717, 1.165) is 17.3 Å². The van der Waals surface area contributed by atoms with Crippen molar-refractivity contribution in [2.45, 2.75) is 0 Å². The lowest BCUT2D eigenvalue weighted by molar-refractivity contribution is -0.115. The van der Waals surface area contributed by atoms with Crippen molar-refractivity contribution < 1.29 is 9.59 Å². The van der Waals surface area contributed by atoms with Crippen molar-refractivity contribution >= 4 is 29.0 Å². The van der Waals surface area contributed by atoms with Crippen molar-refractivity contribution in [1.82, 2.24) is 5.32 Å². The SMILES string of the molecule is O=C1NC(=O)C(=CC=CC=Cc2ccc(-c3ccccc3)cc2)S1. The topological polar surface area (TPSA) is 46.2 Å². The lowest BCUT2D eigenvalue weighted by atomic mass is 10.0. The van der Waals surface area contributed by atoms with Crippen LogP contribution in [0.4, 0.5) is 4.79 Å². The molecular formula is C20H15NO2S. The van der Waals surface area contributed by atoms with Gasteiger partial charge in [0.25, 0.3) is 11.1 Å². The average molecular weight is 333 g/mol. The Labute approximate surface area is 144 Å². The summed E-state index contributed by atoms with van der Waals surface area (Å²) in [7, 11) is 0. The van der Waals surface area contributed by atoms with E-state index in [1.54, 1.807) is 12.2 Å². The number of rotatable bonds is 4. The second-order valence-electron chi connectivity index (χ2n) is 5.11. The van der Waals surface area contributed by atoms with E-state index in [2.05, 4.69) is 41.7 Å². The average Bonchev–Trinajstić information content (AvgIpc) is 2.93. The first-order valence-electron chi connectivity index (χ1n) is 7.46. The van der Waals surface area contributed by atoms with Crippen LogP contribution in [0.2, 0.25) is 0 Å². The number of carbonyl (C=O) groups is 2. The molecule has 1 aliphatic heterocycles. The number of benzene rings is 2. The predicted octanol–water partition coefficient (Wildman–Crippen LogP) is 4.79. The second-order valence-corrected chi connectivity index (χ2v) is 6.12. The second kappa shape index (κ2) is 7.62. The molecular weight excluding hydrogens is 318 g/mol. The third kappa shape index (κ3) is 4.12. The number of allylic oxidation sites excluding steroid dienone is 4. The monoisotopic (exact) mass is 333 g/mol. The van der Waals surface area contributed by atoms with Gasteiger partial charge < -0.3 is 0 Å². The quantitative estimate of drug-likeness (QED) is 0.646. The summed E-state index contributed by atoms with van der Waals surface area (Å²) in [5, 5.41) is 1.89. The van der Waals surface area contributed by atoms with Crippen LogP contribution in [0.5, 0.6) is 0 Å². The highest BCUT2D eigenvalue weighted by molar-refractivity contribution is 8.18. The lowest BCUT2D eigenvalue weighted by Gasteiger charge is -2.01. The highest BCUT2D eigenvalue weighted by atomic mass is 32.2. The minimum Gasteiger partial charge on any atom is -0.282 e. The van der Waals surface area contributed by atoms with Crippen LogP contribution in [-0.2, 0) is 4.79 Å². The molecule has 3 rings (SSSR count). The number of carbonyl (C=O) groups excluding carboxylic acids is 2. The summed E-state index contributed by atoms with van der Waals surface area (Å²) >= 11 is 0.914. The molecule has 2 amide bonds. The molecule has 1 heterocycles. The van der Waals surface area contributed by atoms with E-state index in [1.165, 1.54) is 11.1 Å². The first kappa shape index (κ1) is 16.0. The molecule has 0 aromatic heterocycles. The van der Waals surface area contributed by atoms with Gasteiger partial charge in [-0.15, -0.1) is 0 Å². The Morgan fingerprint density at radius 2 is 1.50 bits per heavy atom. The normalized spacial score (nSPS) is 16.4. The van der Waals surface area contributed by atoms with Gasteiger partial charge in [-0.3, -0.25) is 14.9 Å². The van der Waals surface area contributed by atoms with Gasteiger partial charge in [0, 0.05) is 0 Å². The van der Waals surface area contributed by atoms with Crippen LogP contribution < -0.4 is 5.32 Å². The van der Waals surface area contributed by atoms with E-state index in [4.69, 9.17) is 0 Å². The largest absolute Gasteiger partial charge is 0.290 e. The van der Waals surface area contributed by atoms with E-state index in [1.807, 2.05) is 36.4 Å². The fourth-order valence-electron chi connectivity index (χ4n) is 2.23. The minimum atomic E-state index is -0.338. The lowest BCUT2D eigenvalue weighted by Crippen LogP contribution is -2.17. The zero-order chi connectivity index (χ0) is 16.8. The maximum atomic E-state index is 11.3. The fourth-order valence-corrected chi connectivity index (χ4v) is 2.86. The number of thioether (sulfide) groups is 1. The van der Waals surface area contributed by atoms with Crippen LogP contribution in [0.15, 0.2) is 83.8 Å². The van der Waals surface area contributed by atoms with Crippen LogP contribution in [-0.4, -0.2) is 11.1 Å². The van der Waals surface area contributed by atoms with Gasteiger partial charge in [0.15, 0.2) is 0 Å². The van der Waals surface area contributed by atoms with Gasteiger partial charge in [-0.1, -0.05) is 78.9 Å². The molecule has 0 atom stereocenters. The van der Waals surface area contributed by atoms with Crippen molar-refractivity contribution in [2.24, 2.45) is 0 Å². The standard InChI is InChI=1S/C20H15NO2S/c22-19-18(24-20(23)21-19)10-6-1-3-7-15-11-13-17(14-12-15)16-8-4-2-5-9-16/h1-14H,(H,21,22,23). The summed E-state index contributed by atoms with van der Waals surface area (Å²) in [6.45, 7) is 0. The van der Waals surface area contributed by atoms with Crippen LogP contribution in [0, 0.1) is 0 Å². The number of hydrogen-bond donors (Lipinski definition) is 1. The molecule has 24 heavy (non-hydrogen) atoms. The van der Waals surface area contributed by atoms with Crippen molar-refractivity contribution in [3.63, 3.8) is 0 Å². The zero-order valence-corrected chi connectivity index (χ0v) is 13.6. The molecule has 1 saturated heterocycles. The Morgan fingerprint density at radius 3 is 2.17 bits per heavy atom. The zero-order valence-electron chi connectivity index (χ0n) is 12.8. The summed E-state index contributed by atoms with van der Waals surface area (Å²) < 4.78 is 0. The number of hydrogen-bond acceptors (Lipinski definition) is 3. The van der Waals surface area contributed by atoms with Crippen molar-refractivity contribution in [1.29, 1.82) is 0 Å².